The molecule has 1 aromatic carbocycles. The Morgan fingerprint density at radius 2 is 1.82 bits per heavy atom. The lowest BCUT2D eigenvalue weighted by atomic mass is 9.40. The first-order valence-corrected chi connectivity index (χ1v) is 12.5. The summed E-state index contributed by atoms with van der Waals surface area (Å²) in [5, 5.41) is 10.5. The van der Waals surface area contributed by atoms with E-state index in [-0.39, 0.29) is 11.3 Å². The number of aliphatic carboxylic acids is 1. The van der Waals surface area contributed by atoms with Crippen molar-refractivity contribution in [3.05, 3.63) is 54.1 Å². The number of hydrogen-bond acceptors (Lipinski definition) is 3. The third-order valence-corrected chi connectivity index (χ3v) is 10.1. The van der Waals surface area contributed by atoms with Crippen LogP contribution < -0.4 is 0 Å². The largest absolute Gasteiger partial charge is 0.481 e. The number of esters is 1. The lowest BCUT2D eigenvalue weighted by molar-refractivity contribution is -0.211. The Bertz CT molecular complexity index is 996. The van der Waals surface area contributed by atoms with Gasteiger partial charge in [-0.15, -0.1) is 0 Å². The zero-order valence-corrected chi connectivity index (χ0v) is 19.9. The highest BCUT2D eigenvalue weighted by molar-refractivity contribution is 5.87. The van der Waals surface area contributed by atoms with E-state index in [0.29, 0.717) is 23.7 Å². The molecule has 4 fully saturated rings. The Balaban J connectivity index is 1.39. The Kier molecular flexibility index (Phi) is 5.34. The standard InChI is InChI=1S/C29H36O4/c1-19-17-29-16-13-22-27(2,23(29)11-10-21(19)18-29)15-14-24(28(22,3)26(31)32)33-25(30)12-9-20-7-5-4-6-8-20/h4-9,12,21-24H,1,10-11,13-18H2,2-3H3,(H,31,32)/b12-9+/t21-,22-,23-,24+,27+,28-,29+/m0/s1. The fourth-order valence-corrected chi connectivity index (χ4v) is 8.62. The second-order valence-electron chi connectivity index (χ2n) is 11.6. The summed E-state index contributed by atoms with van der Waals surface area (Å²) in [4.78, 5) is 25.5. The van der Waals surface area contributed by atoms with Crippen LogP contribution in [-0.2, 0) is 14.3 Å². The molecule has 4 heteroatoms. The van der Waals surface area contributed by atoms with E-state index in [4.69, 9.17) is 4.74 Å². The Morgan fingerprint density at radius 3 is 2.55 bits per heavy atom. The van der Waals surface area contributed by atoms with Crippen LogP contribution in [0.4, 0.5) is 0 Å². The van der Waals surface area contributed by atoms with Gasteiger partial charge in [0.25, 0.3) is 0 Å². The van der Waals surface area contributed by atoms with Crippen LogP contribution in [0.5, 0.6) is 0 Å². The van der Waals surface area contributed by atoms with Crippen LogP contribution in [0.2, 0.25) is 0 Å². The van der Waals surface area contributed by atoms with E-state index in [9.17, 15) is 14.7 Å². The zero-order valence-electron chi connectivity index (χ0n) is 19.9. The van der Waals surface area contributed by atoms with Crippen molar-refractivity contribution in [2.24, 2.45) is 34.0 Å². The summed E-state index contributed by atoms with van der Waals surface area (Å²) in [5.41, 5.74) is 1.54. The van der Waals surface area contributed by atoms with Gasteiger partial charge < -0.3 is 9.84 Å². The smallest absolute Gasteiger partial charge is 0.331 e. The van der Waals surface area contributed by atoms with Gasteiger partial charge in [0, 0.05) is 6.08 Å². The average Bonchev–Trinajstić information content (AvgIpc) is 3.02. The van der Waals surface area contributed by atoms with Gasteiger partial charge in [-0.05, 0) is 98.5 Å². The molecule has 0 heterocycles. The number of carboxylic acid groups (broad SMARTS) is 1. The van der Waals surface area contributed by atoms with Gasteiger partial charge in [-0.3, -0.25) is 4.79 Å². The minimum atomic E-state index is -1.07. The first kappa shape index (κ1) is 22.4. The lowest BCUT2D eigenvalue weighted by Gasteiger charge is -2.64. The molecule has 0 unspecified atom stereocenters. The number of ether oxygens (including phenoxy) is 1. The summed E-state index contributed by atoms with van der Waals surface area (Å²) in [6.07, 6.45) is 10.8. The molecule has 4 saturated carbocycles. The molecule has 0 saturated heterocycles. The number of benzene rings is 1. The molecule has 1 spiro atoms. The second kappa shape index (κ2) is 7.85. The van der Waals surface area contributed by atoms with E-state index in [1.54, 1.807) is 6.08 Å². The lowest BCUT2D eigenvalue weighted by Crippen LogP contribution is -2.63. The van der Waals surface area contributed by atoms with Crippen molar-refractivity contribution in [3.63, 3.8) is 0 Å². The van der Waals surface area contributed by atoms with Crippen molar-refractivity contribution < 1.29 is 19.4 Å². The highest BCUT2D eigenvalue weighted by atomic mass is 16.5. The molecule has 0 radical (unpaired) electrons. The molecule has 0 aliphatic heterocycles. The van der Waals surface area contributed by atoms with Crippen LogP contribution in [0.25, 0.3) is 6.08 Å². The summed E-state index contributed by atoms with van der Waals surface area (Å²) in [5.74, 6) is -0.0785. The number of rotatable bonds is 4. The van der Waals surface area contributed by atoms with Gasteiger partial charge in [-0.2, -0.15) is 0 Å². The molecule has 0 aromatic heterocycles. The van der Waals surface area contributed by atoms with Gasteiger partial charge in [-0.25, -0.2) is 4.79 Å². The fraction of sp³-hybridized carbons (Fsp3) is 0.586. The number of hydrogen-bond donors (Lipinski definition) is 1. The first-order valence-electron chi connectivity index (χ1n) is 12.5. The molecule has 0 amide bonds. The number of carbonyl (C=O) groups excluding carboxylic acids is 1. The third-order valence-electron chi connectivity index (χ3n) is 10.1. The van der Waals surface area contributed by atoms with Gasteiger partial charge in [-0.1, -0.05) is 49.4 Å². The SMILES string of the molecule is C=C1C[C@@]23CC[C@H]4[C@@](C)(CC[C@@H](OC(=O)/C=C/c5ccccc5)[C@@]4(C)C(=O)O)[C@@H]2CC[C@H]1C3. The van der Waals surface area contributed by atoms with E-state index in [1.165, 1.54) is 30.9 Å². The predicted octanol–water partition coefficient (Wildman–Crippen LogP) is 6.28. The van der Waals surface area contributed by atoms with Gasteiger partial charge in [0.2, 0.25) is 0 Å². The minimum Gasteiger partial charge on any atom is -0.481 e. The van der Waals surface area contributed by atoms with E-state index in [1.807, 2.05) is 37.3 Å². The molecular formula is C29H36O4. The van der Waals surface area contributed by atoms with Crippen LogP contribution in [0.15, 0.2) is 48.6 Å². The van der Waals surface area contributed by atoms with Gasteiger partial charge in [0.1, 0.15) is 11.5 Å². The fourth-order valence-electron chi connectivity index (χ4n) is 8.62. The van der Waals surface area contributed by atoms with E-state index in [0.717, 1.165) is 31.2 Å². The van der Waals surface area contributed by atoms with Gasteiger partial charge in [0.05, 0.1) is 0 Å². The van der Waals surface area contributed by atoms with E-state index >= 15 is 0 Å². The summed E-state index contributed by atoms with van der Waals surface area (Å²) in [6.45, 7) is 8.58. The molecule has 1 N–H and O–H groups in total. The highest BCUT2D eigenvalue weighted by Gasteiger charge is 2.67. The summed E-state index contributed by atoms with van der Waals surface area (Å²) < 4.78 is 5.88. The normalized spacial score (nSPS) is 41.9. The minimum absolute atomic E-state index is 0.00759. The third kappa shape index (κ3) is 3.40. The first-order chi connectivity index (χ1) is 15.7. The molecule has 4 aliphatic carbocycles. The quantitative estimate of drug-likeness (QED) is 0.335. The molecule has 4 nitrogen and oxygen atoms in total. The van der Waals surface area contributed by atoms with Crippen molar-refractivity contribution in [1.29, 1.82) is 0 Å². The molecule has 2 bridgehead atoms. The monoisotopic (exact) mass is 448 g/mol. The number of allylic oxidation sites excluding steroid dienone is 1. The summed E-state index contributed by atoms with van der Waals surface area (Å²) in [7, 11) is 0. The van der Waals surface area contributed by atoms with Gasteiger partial charge in [0.15, 0.2) is 0 Å². The summed E-state index contributed by atoms with van der Waals surface area (Å²) in [6, 6.07) is 9.59. The van der Waals surface area contributed by atoms with Crippen LogP contribution in [-0.4, -0.2) is 23.1 Å². The number of fused-ring (bicyclic) bond motifs is 3. The average molecular weight is 449 g/mol. The Labute approximate surface area is 197 Å². The second-order valence-corrected chi connectivity index (χ2v) is 11.6. The maximum Gasteiger partial charge on any atom is 0.331 e. The summed E-state index contributed by atoms with van der Waals surface area (Å²) >= 11 is 0. The van der Waals surface area contributed by atoms with Crippen molar-refractivity contribution in [1.82, 2.24) is 0 Å². The topological polar surface area (TPSA) is 63.6 Å². The number of carboxylic acids is 1. The molecule has 5 rings (SSSR count). The number of carbonyl (C=O) groups is 2. The maximum absolute atomic E-state index is 12.8. The molecule has 7 atom stereocenters. The molecule has 176 valence electrons. The predicted molar refractivity (Wildman–Crippen MR) is 128 cm³/mol. The highest BCUT2D eigenvalue weighted by Crippen LogP contribution is 2.72. The van der Waals surface area contributed by atoms with Crippen LogP contribution >= 0.6 is 0 Å². The van der Waals surface area contributed by atoms with Crippen molar-refractivity contribution in [2.45, 2.75) is 71.3 Å². The zero-order chi connectivity index (χ0) is 23.4. The maximum atomic E-state index is 12.8. The molecular weight excluding hydrogens is 412 g/mol. The van der Waals surface area contributed by atoms with Crippen LogP contribution in [0, 0.1) is 34.0 Å². The van der Waals surface area contributed by atoms with Crippen molar-refractivity contribution >= 4 is 18.0 Å². The Morgan fingerprint density at radius 1 is 1.06 bits per heavy atom. The molecule has 4 aliphatic rings. The van der Waals surface area contributed by atoms with Crippen LogP contribution in [0.3, 0.4) is 0 Å². The van der Waals surface area contributed by atoms with Gasteiger partial charge >= 0.3 is 11.9 Å². The van der Waals surface area contributed by atoms with E-state index < -0.39 is 23.5 Å². The molecule has 33 heavy (non-hydrogen) atoms. The van der Waals surface area contributed by atoms with Crippen molar-refractivity contribution in [2.75, 3.05) is 0 Å². The molecule has 1 aromatic rings. The van der Waals surface area contributed by atoms with E-state index in [2.05, 4.69) is 13.5 Å². The van der Waals surface area contributed by atoms with Crippen molar-refractivity contribution in [3.8, 4) is 0 Å². The van der Waals surface area contributed by atoms with Crippen LogP contribution in [0.1, 0.15) is 70.8 Å². The Hall–Kier alpha value is -2.36.